The molecule has 2 aromatic carbocycles. The molecule has 0 aliphatic heterocycles. The largest absolute Gasteiger partial charge is 0.507 e. The normalized spacial score (nSPS) is 12.2. The Morgan fingerprint density at radius 3 is 2.46 bits per heavy atom. The van der Waals surface area contributed by atoms with E-state index in [1.54, 1.807) is 30.3 Å². The molecule has 0 aliphatic carbocycles. The van der Waals surface area contributed by atoms with Gasteiger partial charge in [0.25, 0.3) is 0 Å². The Labute approximate surface area is 150 Å². The van der Waals surface area contributed by atoms with Crippen LogP contribution >= 0.6 is 15.9 Å². The number of phenolic OH excluding ortho intramolecular Hbond substituents is 1. The maximum atomic E-state index is 12.3. The van der Waals surface area contributed by atoms with E-state index in [4.69, 9.17) is 0 Å². The summed E-state index contributed by atoms with van der Waals surface area (Å²) in [6.45, 7) is 3.73. The number of hydrogen-bond donors (Lipinski definition) is 1. The zero-order chi connectivity index (χ0) is 18.1. The lowest BCUT2D eigenvalue weighted by Gasteiger charge is -2.14. The average molecular weight is 411 g/mol. The zero-order valence-corrected chi connectivity index (χ0v) is 16.3. The molecule has 128 valence electrons. The fourth-order valence-electron chi connectivity index (χ4n) is 2.07. The minimum absolute atomic E-state index is 0.105. The molecule has 0 amide bonds. The smallest absolute Gasteiger partial charge is 0.242 e. The van der Waals surface area contributed by atoms with E-state index < -0.39 is 10.0 Å². The highest BCUT2D eigenvalue weighted by atomic mass is 79.9. The number of aliphatic imine (C=N–C) groups is 1. The summed E-state index contributed by atoms with van der Waals surface area (Å²) in [5, 5.41) is 9.88. The molecule has 0 radical (unpaired) electrons. The number of benzene rings is 2. The summed E-state index contributed by atoms with van der Waals surface area (Å²) in [7, 11) is -0.548. The fraction of sp³-hybridized carbons (Fsp3) is 0.235. The number of aryl methyl sites for hydroxylation is 1. The molecule has 0 fully saturated rings. The van der Waals surface area contributed by atoms with Crippen molar-refractivity contribution in [1.82, 2.24) is 4.31 Å². The van der Waals surface area contributed by atoms with E-state index in [0.29, 0.717) is 11.3 Å². The first-order chi connectivity index (χ1) is 11.1. The lowest BCUT2D eigenvalue weighted by Crippen LogP contribution is -2.22. The van der Waals surface area contributed by atoms with Crippen LogP contribution in [-0.2, 0) is 10.0 Å². The van der Waals surface area contributed by atoms with Crippen molar-refractivity contribution in [3.05, 3.63) is 51.5 Å². The van der Waals surface area contributed by atoms with Crippen LogP contribution in [0.15, 0.2) is 44.7 Å². The first kappa shape index (κ1) is 18.6. The molecule has 7 heteroatoms. The molecule has 0 aromatic heterocycles. The molecule has 0 saturated carbocycles. The zero-order valence-electron chi connectivity index (χ0n) is 13.9. The van der Waals surface area contributed by atoms with E-state index in [1.807, 2.05) is 13.8 Å². The highest BCUT2D eigenvalue weighted by Crippen LogP contribution is 2.28. The summed E-state index contributed by atoms with van der Waals surface area (Å²) in [6, 6.07) is 8.22. The van der Waals surface area contributed by atoms with Crippen LogP contribution in [0.5, 0.6) is 5.75 Å². The summed E-state index contributed by atoms with van der Waals surface area (Å²) in [5.41, 5.74) is 2.82. The average Bonchev–Trinajstić information content (AvgIpc) is 2.51. The molecular weight excluding hydrogens is 392 g/mol. The van der Waals surface area contributed by atoms with Gasteiger partial charge in [0.2, 0.25) is 10.0 Å². The van der Waals surface area contributed by atoms with Gasteiger partial charge in [-0.25, -0.2) is 12.7 Å². The number of sulfonamides is 1. The minimum atomic E-state index is -3.53. The van der Waals surface area contributed by atoms with Crippen LogP contribution in [0.3, 0.4) is 0 Å². The summed E-state index contributed by atoms with van der Waals surface area (Å²) in [6.07, 6.45) is 1.52. The second kappa shape index (κ2) is 7.04. The first-order valence-electron chi connectivity index (χ1n) is 7.19. The van der Waals surface area contributed by atoms with Crippen LogP contribution in [0.2, 0.25) is 0 Å². The summed E-state index contributed by atoms with van der Waals surface area (Å²) in [4.78, 5) is 4.58. The van der Waals surface area contributed by atoms with E-state index in [-0.39, 0.29) is 10.6 Å². The number of halogens is 1. The Morgan fingerprint density at radius 2 is 1.83 bits per heavy atom. The topological polar surface area (TPSA) is 70.0 Å². The van der Waals surface area contributed by atoms with Gasteiger partial charge >= 0.3 is 0 Å². The maximum absolute atomic E-state index is 12.3. The molecule has 24 heavy (non-hydrogen) atoms. The van der Waals surface area contributed by atoms with Gasteiger partial charge < -0.3 is 5.11 Å². The Bertz CT molecular complexity index is 906. The van der Waals surface area contributed by atoms with Gasteiger partial charge in [0.05, 0.1) is 10.6 Å². The first-order valence-corrected chi connectivity index (χ1v) is 9.42. The molecule has 0 unspecified atom stereocenters. The van der Waals surface area contributed by atoms with Gasteiger partial charge in [-0.3, -0.25) is 4.99 Å². The molecule has 1 N–H and O–H groups in total. The second-order valence-corrected chi connectivity index (χ2v) is 8.70. The predicted molar refractivity (Wildman–Crippen MR) is 99.8 cm³/mol. The van der Waals surface area contributed by atoms with Crippen LogP contribution in [0.25, 0.3) is 0 Å². The van der Waals surface area contributed by atoms with E-state index in [1.165, 1.54) is 24.6 Å². The summed E-state index contributed by atoms with van der Waals surface area (Å²) in [5.74, 6) is 0.105. The molecule has 0 heterocycles. The van der Waals surface area contributed by atoms with Gasteiger partial charge in [0.1, 0.15) is 5.75 Å². The molecule has 0 spiro atoms. The number of phenols is 1. The maximum Gasteiger partial charge on any atom is 0.242 e. The van der Waals surface area contributed by atoms with Gasteiger partial charge in [-0.1, -0.05) is 15.9 Å². The third-order valence-electron chi connectivity index (χ3n) is 3.72. The standard InChI is InChI=1S/C17H19BrN2O3S/c1-11-7-15(24(22,23)20(3)4)9-16(12(11)2)19-10-13-8-14(18)5-6-17(13)21/h5-10,21H,1-4H3. The van der Waals surface area contributed by atoms with Crippen LogP contribution in [0.1, 0.15) is 16.7 Å². The molecule has 0 atom stereocenters. The van der Waals surface area contributed by atoms with Crippen molar-refractivity contribution >= 4 is 37.9 Å². The molecule has 0 bridgehead atoms. The van der Waals surface area contributed by atoms with Crippen molar-refractivity contribution in [3.63, 3.8) is 0 Å². The van der Waals surface area contributed by atoms with E-state index in [0.717, 1.165) is 15.6 Å². The van der Waals surface area contributed by atoms with E-state index in [9.17, 15) is 13.5 Å². The number of nitrogens with zero attached hydrogens (tertiary/aromatic N) is 2. The van der Waals surface area contributed by atoms with Crippen molar-refractivity contribution in [2.24, 2.45) is 4.99 Å². The quantitative estimate of drug-likeness (QED) is 0.779. The van der Waals surface area contributed by atoms with Gasteiger partial charge in [-0.2, -0.15) is 0 Å². The summed E-state index contributed by atoms with van der Waals surface area (Å²) < 4.78 is 26.7. The lowest BCUT2D eigenvalue weighted by atomic mass is 10.1. The summed E-state index contributed by atoms with van der Waals surface area (Å²) >= 11 is 3.34. The van der Waals surface area contributed by atoms with Crippen molar-refractivity contribution in [3.8, 4) is 5.75 Å². The van der Waals surface area contributed by atoms with Crippen molar-refractivity contribution in [2.45, 2.75) is 18.7 Å². The molecular formula is C17H19BrN2O3S. The monoisotopic (exact) mass is 410 g/mol. The molecule has 2 rings (SSSR count). The Morgan fingerprint density at radius 1 is 1.17 bits per heavy atom. The van der Waals surface area contributed by atoms with Crippen molar-refractivity contribution in [2.75, 3.05) is 14.1 Å². The van der Waals surface area contributed by atoms with Crippen LogP contribution < -0.4 is 0 Å². The Balaban J connectivity index is 2.53. The molecule has 0 aliphatic rings. The van der Waals surface area contributed by atoms with Crippen molar-refractivity contribution < 1.29 is 13.5 Å². The highest BCUT2D eigenvalue weighted by Gasteiger charge is 2.19. The molecule has 5 nitrogen and oxygen atoms in total. The van der Waals surface area contributed by atoms with Crippen LogP contribution in [0, 0.1) is 13.8 Å². The molecule has 2 aromatic rings. The van der Waals surface area contributed by atoms with Gasteiger partial charge in [0.15, 0.2) is 0 Å². The van der Waals surface area contributed by atoms with Crippen LogP contribution in [0.4, 0.5) is 5.69 Å². The van der Waals surface area contributed by atoms with Gasteiger partial charge in [0, 0.05) is 30.3 Å². The van der Waals surface area contributed by atoms with Gasteiger partial charge in [-0.15, -0.1) is 0 Å². The number of hydrogen-bond acceptors (Lipinski definition) is 4. The molecule has 0 saturated heterocycles. The predicted octanol–water partition coefficient (Wildman–Crippen LogP) is 3.77. The van der Waals surface area contributed by atoms with Gasteiger partial charge in [-0.05, 0) is 55.3 Å². The Kier molecular flexibility index (Phi) is 5.47. The van der Waals surface area contributed by atoms with E-state index in [2.05, 4.69) is 20.9 Å². The third-order valence-corrected chi connectivity index (χ3v) is 6.01. The SMILES string of the molecule is Cc1cc(S(=O)(=O)N(C)C)cc(N=Cc2cc(Br)ccc2O)c1C. The number of aromatic hydroxyl groups is 1. The van der Waals surface area contributed by atoms with E-state index >= 15 is 0 Å². The third kappa shape index (κ3) is 3.85. The van der Waals surface area contributed by atoms with Crippen LogP contribution in [-0.4, -0.2) is 38.1 Å². The fourth-order valence-corrected chi connectivity index (χ4v) is 3.46. The van der Waals surface area contributed by atoms with Crippen molar-refractivity contribution in [1.29, 1.82) is 0 Å². The second-order valence-electron chi connectivity index (χ2n) is 5.63. The lowest BCUT2D eigenvalue weighted by molar-refractivity contribution is 0.474. The minimum Gasteiger partial charge on any atom is -0.507 e. The Hall–Kier alpha value is -1.70. The number of rotatable bonds is 4. The highest BCUT2D eigenvalue weighted by molar-refractivity contribution is 9.10.